The van der Waals surface area contributed by atoms with Crippen molar-refractivity contribution in [1.29, 1.82) is 0 Å². The van der Waals surface area contributed by atoms with Crippen molar-refractivity contribution in [3.05, 3.63) is 39.9 Å². The first-order valence-electron chi connectivity index (χ1n) is 5.76. The Morgan fingerprint density at radius 3 is 2.74 bits per heavy atom. The fraction of sp³-hybridized carbons (Fsp3) is 0.417. The van der Waals surface area contributed by atoms with Gasteiger partial charge in [-0.1, -0.05) is 18.2 Å². The molecule has 1 aromatic carbocycles. The van der Waals surface area contributed by atoms with Crippen LogP contribution in [0.15, 0.2) is 24.3 Å². The van der Waals surface area contributed by atoms with E-state index in [1.54, 1.807) is 18.2 Å². The number of halogens is 1. The number of carboxylic acid groups (broad SMARTS) is 1. The predicted octanol–water partition coefficient (Wildman–Crippen LogP) is 1.62. The minimum atomic E-state index is -0.861. The molecule has 1 saturated heterocycles. The minimum Gasteiger partial charge on any atom is -0.480 e. The normalized spacial score (nSPS) is 21.7. The van der Waals surface area contributed by atoms with Gasteiger partial charge in [0, 0.05) is 11.6 Å². The quantitative estimate of drug-likeness (QED) is 0.648. The van der Waals surface area contributed by atoms with Gasteiger partial charge in [-0.15, -0.1) is 12.4 Å². The van der Waals surface area contributed by atoms with Crippen LogP contribution in [0.4, 0.5) is 5.69 Å². The van der Waals surface area contributed by atoms with E-state index < -0.39 is 16.9 Å². The van der Waals surface area contributed by atoms with E-state index in [1.165, 1.54) is 6.07 Å². The van der Waals surface area contributed by atoms with Crippen molar-refractivity contribution < 1.29 is 14.8 Å². The van der Waals surface area contributed by atoms with Crippen LogP contribution >= 0.6 is 12.4 Å². The number of nitro benzene ring substituents is 1. The summed E-state index contributed by atoms with van der Waals surface area (Å²) >= 11 is 0. The van der Waals surface area contributed by atoms with E-state index >= 15 is 0 Å². The molecule has 0 radical (unpaired) electrons. The average Bonchev–Trinajstić information content (AvgIpc) is 2.78. The molecule has 1 aliphatic heterocycles. The van der Waals surface area contributed by atoms with Crippen molar-refractivity contribution >= 4 is 24.1 Å². The molecule has 1 aromatic rings. The molecular weight excluding hydrogens is 272 g/mol. The zero-order valence-electron chi connectivity index (χ0n) is 10.1. The van der Waals surface area contributed by atoms with Crippen molar-refractivity contribution in [1.82, 2.24) is 5.32 Å². The first-order chi connectivity index (χ1) is 8.58. The zero-order chi connectivity index (χ0) is 13.1. The number of nitro groups is 1. The van der Waals surface area contributed by atoms with Gasteiger partial charge < -0.3 is 10.4 Å². The van der Waals surface area contributed by atoms with Crippen LogP contribution in [0, 0.1) is 16.0 Å². The van der Waals surface area contributed by atoms with Gasteiger partial charge in [-0.3, -0.25) is 14.9 Å². The zero-order valence-corrected chi connectivity index (χ0v) is 10.9. The van der Waals surface area contributed by atoms with Gasteiger partial charge in [0.2, 0.25) is 0 Å². The molecule has 1 aliphatic rings. The second-order valence-electron chi connectivity index (χ2n) is 4.49. The molecule has 2 rings (SSSR count). The lowest BCUT2D eigenvalue weighted by molar-refractivity contribution is -0.385. The van der Waals surface area contributed by atoms with E-state index in [2.05, 4.69) is 5.32 Å². The molecule has 1 heterocycles. The fourth-order valence-corrected chi connectivity index (χ4v) is 2.33. The summed E-state index contributed by atoms with van der Waals surface area (Å²) in [6.07, 6.45) is 1.05. The van der Waals surface area contributed by atoms with Gasteiger partial charge in [0.1, 0.15) is 6.04 Å². The lowest BCUT2D eigenvalue weighted by Crippen LogP contribution is -2.29. The molecule has 0 spiro atoms. The van der Waals surface area contributed by atoms with Crippen LogP contribution in [-0.4, -0.2) is 28.6 Å². The van der Waals surface area contributed by atoms with E-state index in [-0.39, 0.29) is 24.0 Å². The monoisotopic (exact) mass is 286 g/mol. The molecular formula is C12H15ClN2O4. The highest BCUT2D eigenvalue weighted by atomic mass is 35.5. The Morgan fingerprint density at radius 1 is 1.47 bits per heavy atom. The maximum Gasteiger partial charge on any atom is 0.320 e. The van der Waals surface area contributed by atoms with Crippen molar-refractivity contribution in [2.45, 2.75) is 18.9 Å². The number of hydrogen-bond acceptors (Lipinski definition) is 4. The number of para-hydroxylation sites is 1. The van der Waals surface area contributed by atoms with E-state index in [0.29, 0.717) is 24.9 Å². The molecule has 0 aliphatic carbocycles. The third-order valence-electron chi connectivity index (χ3n) is 3.22. The van der Waals surface area contributed by atoms with Crippen molar-refractivity contribution in [3.8, 4) is 0 Å². The predicted molar refractivity (Wildman–Crippen MR) is 71.6 cm³/mol. The molecule has 0 unspecified atom stereocenters. The summed E-state index contributed by atoms with van der Waals surface area (Å²) < 4.78 is 0. The van der Waals surface area contributed by atoms with E-state index in [9.17, 15) is 14.9 Å². The Labute approximate surface area is 116 Å². The Morgan fingerprint density at radius 2 is 2.16 bits per heavy atom. The fourth-order valence-electron chi connectivity index (χ4n) is 2.33. The maximum atomic E-state index is 10.9. The third kappa shape index (κ3) is 3.65. The van der Waals surface area contributed by atoms with Gasteiger partial charge in [-0.2, -0.15) is 0 Å². The van der Waals surface area contributed by atoms with Crippen LogP contribution < -0.4 is 5.32 Å². The average molecular weight is 287 g/mol. The summed E-state index contributed by atoms with van der Waals surface area (Å²) in [5, 5.41) is 22.6. The SMILES string of the molecule is Cl.O=C(O)[C@@H]1C[C@@H](Cc2ccccc2[N+](=O)[O-])CN1. The Hall–Kier alpha value is -1.66. The summed E-state index contributed by atoms with van der Waals surface area (Å²) in [7, 11) is 0. The first-order valence-corrected chi connectivity index (χ1v) is 5.76. The number of benzene rings is 1. The first kappa shape index (κ1) is 15.4. The highest BCUT2D eigenvalue weighted by Gasteiger charge is 2.30. The van der Waals surface area contributed by atoms with Crippen LogP contribution in [0.2, 0.25) is 0 Å². The standard InChI is InChI=1S/C12H14N2O4.ClH/c15-12(16)10-6-8(7-13-10)5-9-3-1-2-4-11(9)14(17)18;/h1-4,8,10,13H,5-7H2,(H,15,16);1H/t8-,10+;/m1./s1. The molecule has 19 heavy (non-hydrogen) atoms. The number of aliphatic carboxylic acids is 1. The molecule has 7 heteroatoms. The van der Waals surface area contributed by atoms with Gasteiger partial charge in [0.05, 0.1) is 4.92 Å². The van der Waals surface area contributed by atoms with Crippen LogP contribution in [0.5, 0.6) is 0 Å². The van der Waals surface area contributed by atoms with E-state index in [0.717, 1.165) is 0 Å². The Bertz CT molecular complexity index is 481. The molecule has 0 bridgehead atoms. The molecule has 104 valence electrons. The number of carboxylic acids is 1. The summed E-state index contributed by atoms with van der Waals surface area (Å²) in [6, 6.07) is 6.07. The molecule has 6 nitrogen and oxygen atoms in total. The lowest BCUT2D eigenvalue weighted by atomic mass is 9.96. The smallest absolute Gasteiger partial charge is 0.320 e. The van der Waals surface area contributed by atoms with Crippen molar-refractivity contribution in [2.75, 3.05) is 6.54 Å². The van der Waals surface area contributed by atoms with Gasteiger partial charge in [-0.05, 0) is 25.3 Å². The van der Waals surface area contributed by atoms with E-state index in [4.69, 9.17) is 5.11 Å². The second kappa shape index (κ2) is 6.49. The van der Waals surface area contributed by atoms with Crippen LogP contribution in [0.3, 0.4) is 0 Å². The molecule has 0 saturated carbocycles. The number of hydrogen-bond donors (Lipinski definition) is 2. The minimum absolute atomic E-state index is 0. The van der Waals surface area contributed by atoms with Gasteiger partial charge in [0.15, 0.2) is 0 Å². The number of nitrogens with one attached hydrogen (secondary N) is 1. The highest BCUT2D eigenvalue weighted by Crippen LogP contribution is 2.25. The van der Waals surface area contributed by atoms with E-state index in [1.807, 2.05) is 0 Å². The Kier molecular flexibility index (Phi) is 5.26. The number of nitrogens with zero attached hydrogens (tertiary/aromatic N) is 1. The number of carbonyl (C=O) groups is 1. The summed E-state index contributed by atoms with van der Waals surface area (Å²) in [5.74, 6) is -0.729. The van der Waals surface area contributed by atoms with Crippen LogP contribution in [0.1, 0.15) is 12.0 Å². The van der Waals surface area contributed by atoms with Crippen molar-refractivity contribution in [2.24, 2.45) is 5.92 Å². The number of rotatable bonds is 4. The topological polar surface area (TPSA) is 92.5 Å². The maximum absolute atomic E-state index is 10.9. The van der Waals surface area contributed by atoms with Crippen LogP contribution in [0.25, 0.3) is 0 Å². The summed E-state index contributed by atoms with van der Waals surface area (Å²) in [5.41, 5.74) is 0.775. The summed E-state index contributed by atoms with van der Waals surface area (Å²) in [4.78, 5) is 21.3. The van der Waals surface area contributed by atoms with Crippen LogP contribution in [-0.2, 0) is 11.2 Å². The summed E-state index contributed by atoms with van der Waals surface area (Å²) in [6.45, 7) is 0.586. The third-order valence-corrected chi connectivity index (χ3v) is 3.22. The molecule has 0 amide bonds. The molecule has 1 fully saturated rings. The highest BCUT2D eigenvalue weighted by molar-refractivity contribution is 5.85. The Balaban J connectivity index is 0.00000180. The molecule has 0 aromatic heterocycles. The van der Waals surface area contributed by atoms with Gasteiger partial charge in [0.25, 0.3) is 5.69 Å². The molecule has 2 atom stereocenters. The lowest BCUT2D eigenvalue weighted by Gasteiger charge is -2.08. The largest absolute Gasteiger partial charge is 0.480 e. The second-order valence-corrected chi connectivity index (χ2v) is 4.49. The van der Waals surface area contributed by atoms with Gasteiger partial charge >= 0.3 is 5.97 Å². The van der Waals surface area contributed by atoms with Gasteiger partial charge in [-0.25, -0.2) is 0 Å². The molecule has 2 N–H and O–H groups in total. The van der Waals surface area contributed by atoms with Crippen molar-refractivity contribution in [3.63, 3.8) is 0 Å².